The summed E-state index contributed by atoms with van der Waals surface area (Å²) in [6, 6.07) is 12.7. The number of carboxylic acid groups (broad SMARTS) is 1. The van der Waals surface area contributed by atoms with Crippen LogP contribution in [0.3, 0.4) is 0 Å². The van der Waals surface area contributed by atoms with Crippen molar-refractivity contribution in [2.75, 3.05) is 0 Å². The molecule has 2 heterocycles. The number of hydrogen-bond acceptors (Lipinski definition) is 3. The van der Waals surface area contributed by atoms with Crippen molar-refractivity contribution < 1.29 is 9.90 Å². The third kappa shape index (κ3) is 2.66. The molecule has 0 aliphatic heterocycles. The van der Waals surface area contributed by atoms with Gasteiger partial charge in [0.15, 0.2) is 0 Å². The fourth-order valence-corrected chi connectivity index (χ4v) is 2.63. The number of aromatic nitrogens is 2. The van der Waals surface area contributed by atoms with Gasteiger partial charge < -0.3 is 9.67 Å². The number of rotatable bonds is 3. The molecule has 24 heavy (non-hydrogen) atoms. The SMILES string of the molecule is Cc1c(/C=C/c2cc(C(=O)O)c3ccccc3n2)cc(C#N)n1C. The average molecular weight is 317 g/mol. The van der Waals surface area contributed by atoms with Crippen molar-refractivity contribution in [3.63, 3.8) is 0 Å². The highest BCUT2D eigenvalue weighted by Gasteiger charge is 2.11. The highest BCUT2D eigenvalue weighted by Crippen LogP contribution is 2.21. The highest BCUT2D eigenvalue weighted by atomic mass is 16.4. The molecule has 1 aromatic carbocycles. The first-order valence-electron chi connectivity index (χ1n) is 7.39. The van der Waals surface area contributed by atoms with Crippen molar-refractivity contribution in [3.8, 4) is 6.07 Å². The Morgan fingerprint density at radius 3 is 2.71 bits per heavy atom. The molecule has 0 atom stereocenters. The van der Waals surface area contributed by atoms with E-state index in [1.54, 1.807) is 36.4 Å². The first-order chi connectivity index (χ1) is 11.5. The van der Waals surface area contributed by atoms with Gasteiger partial charge in [-0.05, 0) is 36.8 Å². The van der Waals surface area contributed by atoms with E-state index in [4.69, 9.17) is 5.26 Å². The Bertz CT molecular complexity index is 1020. The molecule has 3 aromatic rings. The summed E-state index contributed by atoms with van der Waals surface area (Å²) in [5, 5.41) is 19.1. The largest absolute Gasteiger partial charge is 0.478 e. The molecule has 0 unspecified atom stereocenters. The van der Waals surface area contributed by atoms with Crippen LogP contribution < -0.4 is 0 Å². The highest BCUT2D eigenvalue weighted by molar-refractivity contribution is 6.03. The Kier molecular flexibility index (Phi) is 3.88. The zero-order valence-electron chi connectivity index (χ0n) is 13.3. The zero-order valence-corrected chi connectivity index (χ0v) is 13.3. The predicted octanol–water partition coefficient (Wildman–Crippen LogP) is 3.62. The Labute approximate surface area is 139 Å². The van der Waals surface area contributed by atoms with E-state index in [0.717, 1.165) is 11.3 Å². The zero-order chi connectivity index (χ0) is 17.3. The van der Waals surface area contributed by atoms with Gasteiger partial charge in [-0.25, -0.2) is 9.78 Å². The molecule has 5 nitrogen and oxygen atoms in total. The second-order valence-electron chi connectivity index (χ2n) is 5.49. The number of para-hydroxylation sites is 1. The molecule has 5 heteroatoms. The smallest absolute Gasteiger partial charge is 0.336 e. The summed E-state index contributed by atoms with van der Waals surface area (Å²) in [6.07, 6.45) is 3.61. The van der Waals surface area contributed by atoms with Crippen LogP contribution in [-0.4, -0.2) is 20.6 Å². The topological polar surface area (TPSA) is 78.9 Å². The number of aromatic carboxylic acids is 1. The van der Waals surface area contributed by atoms with Crippen LogP contribution in [0.4, 0.5) is 0 Å². The summed E-state index contributed by atoms with van der Waals surface area (Å²) in [4.78, 5) is 16.0. The summed E-state index contributed by atoms with van der Waals surface area (Å²) in [5.74, 6) is -0.981. The van der Waals surface area contributed by atoms with Gasteiger partial charge in [0, 0.05) is 18.1 Å². The van der Waals surface area contributed by atoms with E-state index in [1.807, 2.05) is 30.7 Å². The first kappa shape index (κ1) is 15.5. The van der Waals surface area contributed by atoms with Crippen LogP contribution in [0.5, 0.6) is 0 Å². The minimum absolute atomic E-state index is 0.225. The number of hydrogen-bond donors (Lipinski definition) is 1. The Balaban J connectivity index is 2.08. The number of nitriles is 1. The van der Waals surface area contributed by atoms with E-state index in [-0.39, 0.29) is 5.56 Å². The average Bonchev–Trinajstić information content (AvgIpc) is 2.86. The Morgan fingerprint density at radius 1 is 1.29 bits per heavy atom. The van der Waals surface area contributed by atoms with Crippen LogP contribution in [0.15, 0.2) is 36.4 Å². The molecule has 0 amide bonds. The standard InChI is InChI=1S/C19H15N3O2/c1-12-13(9-15(11-20)22(12)2)7-8-14-10-17(19(23)24)16-5-3-4-6-18(16)21-14/h3-10H,1-2H3,(H,23,24)/b8-7+. The number of pyridine rings is 1. The Morgan fingerprint density at radius 2 is 2.04 bits per heavy atom. The molecular weight excluding hydrogens is 302 g/mol. The fourth-order valence-electron chi connectivity index (χ4n) is 2.63. The van der Waals surface area contributed by atoms with Crippen LogP contribution in [0.25, 0.3) is 23.1 Å². The van der Waals surface area contributed by atoms with Gasteiger partial charge in [-0.3, -0.25) is 0 Å². The van der Waals surface area contributed by atoms with E-state index in [0.29, 0.717) is 22.3 Å². The van der Waals surface area contributed by atoms with Gasteiger partial charge in [0.2, 0.25) is 0 Å². The van der Waals surface area contributed by atoms with Gasteiger partial charge in [-0.2, -0.15) is 5.26 Å². The van der Waals surface area contributed by atoms with Crippen LogP contribution in [-0.2, 0) is 7.05 Å². The molecule has 0 aliphatic rings. The molecule has 0 saturated heterocycles. The van der Waals surface area contributed by atoms with E-state index in [2.05, 4.69) is 11.1 Å². The van der Waals surface area contributed by atoms with Crippen LogP contribution in [0, 0.1) is 18.3 Å². The maximum absolute atomic E-state index is 11.5. The van der Waals surface area contributed by atoms with Crippen molar-refractivity contribution in [1.29, 1.82) is 5.26 Å². The number of carbonyl (C=O) groups is 1. The van der Waals surface area contributed by atoms with Crippen LogP contribution in [0.1, 0.15) is 33.0 Å². The molecule has 0 aliphatic carbocycles. The van der Waals surface area contributed by atoms with E-state index in [9.17, 15) is 9.90 Å². The molecule has 2 aromatic heterocycles. The Hall–Kier alpha value is -3.39. The van der Waals surface area contributed by atoms with E-state index >= 15 is 0 Å². The van der Waals surface area contributed by atoms with Gasteiger partial charge in [-0.15, -0.1) is 0 Å². The van der Waals surface area contributed by atoms with Gasteiger partial charge >= 0.3 is 5.97 Å². The predicted molar refractivity (Wildman–Crippen MR) is 92.5 cm³/mol. The molecule has 1 N–H and O–H groups in total. The second-order valence-corrected chi connectivity index (χ2v) is 5.49. The minimum Gasteiger partial charge on any atom is -0.478 e. The summed E-state index contributed by atoms with van der Waals surface area (Å²) < 4.78 is 1.82. The van der Waals surface area contributed by atoms with E-state index in [1.165, 1.54) is 0 Å². The van der Waals surface area contributed by atoms with Gasteiger partial charge in [-0.1, -0.05) is 24.3 Å². The molecule has 3 rings (SSSR count). The van der Waals surface area contributed by atoms with Crippen molar-refractivity contribution in [2.24, 2.45) is 7.05 Å². The lowest BCUT2D eigenvalue weighted by Gasteiger charge is -2.04. The third-order valence-corrected chi connectivity index (χ3v) is 4.09. The molecular formula is C19H15N3O2. The van der Waals surface area contributed by atoms with Crippen molar-refractivity contribution in [1.82, 2.24) is 9.55 Å². The summed E-state index contributed by atoms with van der Waals surface area (Å²) in [6.45, 7) is 1.93. The van der Waals surface area contributed by atoms with Crippen LogP contribution >= 0.6 is 0 Å². The van der Waals surface area contributed by atoms with Crippen molar-refractivity contribution in [3.05, 3.63) is 64.6 Å². The molecule has 0 bridgehead atoms. The monoisotopic (exact) mass is 317 g/mol. The quantitative estimate of drug-likeness (QED) is 0.800. The summed E-state index contributed by atoms with van der Waals surface area (Å²) in [5.41, 5.74) is 3.86. The lowest BCUT2D eigenvalue weighted by Crippen LogP contribution is -2.00. The number of benzene rings is 1. The number of nitrogens with zero attached hydrogens (tertiary/aromatic N) is 3. The molecule has 118 valence electrons. The summed E-state index contributed by atoms with van der Waals surface area (Å²) >= 11 is 0. The van der Waals surface area contributed by atoms with Crippen molar-refractivity contribution >= 4 is 29.0 Å². The van der Waals surface area contributed by atoms with Gasteiger partial charge in [0.25, 0.3) is 0 Å². The normalized spacial score (nSPS) is 11.0. The summed E-state index contributed by atoms with van der Waals surface area (Å²) in [7, 11) is 1.84. The maximum atomic E-state index is 11.5. The fraction of sp³-hybridized carbons (Fsp3) is 0.105. The van der Waals surface area contributed by atoms with Gasteiger partial charge in [0.1, 0.15) is 11.8 Å². The maximum Gasteiger partial charge on any atom is 0.336 e. The molecule has 0 saturated carbocycles. The van der Waals surface area contributed by atoms with E-state index < -0.39 is 5.97 Å². The lowest BCUT2D eigenvalue weighted by atomic mass is 10.1. The molecule has 0 spiro atoms. The van der Waals surface area contributed by atoms with Crippen LogP contribution in [0.2, 0.25) is 0 Å². The second kappa shape index (κ2) is 6.01. The minimum atomic E-state index is -0.981. The molecule has 0 fully saturated rings. The lowest BCUT2D eigenvalue weighted by molar-refractivity contribution is 0.0699. The molecule has 0 radical (unpaired) electrons. The number of fused-ring (bicyclic) bond motifs is 1. The third-order valence-electron chi connectivity index (χ3n) is 4.09. The number of carboxylic acids is 1. The van der Waals surface area contributed by atoms with Gasteiger partial charge in [0.05, 0.1) is 16.8 Å². The first-order valence-corrected chi connectivity index (χ1v) is 7.39. The van der Waals surface area contributed by atoms with Crippen molar-refractivity contribution in [2.45, 2.75) is 6.92 Å².